The van der Waals surface area contributed by atoms with Crippen LogP contribution in [0.5, 0.6) is 0 Å². The standard InChI is InChI=1S/C12H12ClN3O3S/c1-16-6-5-11(15-16)14-12(17)8-3-4-9(13)10(7-8)20(2,18)19/h3-7H,1-2H3,(H,14,15,17). The Labute approximate surface area is 121 Å². The maximum atomic E-state index is 12.0. The van der Waals surface area contributed by atoms with Crippen molar-refractivity contribution < 1.29 is 13.2 Å². The molecule has 0 saturated heterocycles. The average Bonchev–Trinajstić information content (AvgIpc) is 2.73. The van der Waals surface area contributed by atoms with E-state index in [4.69, 9.17) is 11.6 Å². The summed E-state index contributed by atoms with van der Waals surface area (Å²) in [7, 11) is -1.77. The summed E-state index contributed by atoms with van der Waals surface area (Å²) in [5, 5.41) is 6.66. The first kappa shape index (κ1) is 14.5. The van der Waals surface area contributed by atoms with Gasteiger partial charge in [0.1, 0.15) is 0 Å². The molecule has 1 amide bonds. The molecule has 0 saturated carbocycles. The van der Waals surface area contributed by atoms with Gasteiger partial charge in [0, 0.05) is 31.1 Å². The molecule has 2 aromatic rings. The van der Waals surface area contributed by atoms with Gasteiger partial charge in [0.05, 0.1) is 9.92 Å². The molecule has 0 unspecified atom stereocenters. The highest BCUT2D eigenvalue weighted by molar-refractivity contribution is 7.90. The molecule has 6 nitrogen and oxygen atoms in total. The maximum absolute atomic E-state index is 12.0. The number of carbonyl (C=O) groups is 1. The van der Waals surface area contributed by atoms with Gasteiger partial charge in [0.2, 0.25) is 0 Å². The van der Waals surface area contributed by atoms with Crippen molar-refractivity contribution in [2.45, 2.75) is 4.90 Å². The van der Waals surface area contributed by atoms with E-state index in [2.05, 4.69) is 10.4 Å². The number of benzene rings is 1. The second-order valence-corrected chi connectivity index (χ2v) is 6.64. The third-order valence-corrected chi connectivity index (χ3v) is 4.13. The highest BCUT2D eigenvalue weighted by atomic mass is 35.5. The molecule has 0 aliphatic carbocycles. The molecule has 0 fully saturated rings. The third-order valence-electron chi connectivity index (χ3n) is 2.55. The van der Waals surface area contributed by atoms with Crippen LogP contribution >= 0.6 is 11.6 Å². The van der Waals surface area contributed by atoms with Crippen molar-refractivity contribution in [3.63, 3.8) is 0 Å². The van der Waals surface area contributed by atoms with E-state index in [-0.39, 0.29) is 15.5 Å². The Bertz CT molecular complexity index is 768. The van der Waals surface area contributed by atoms with Gasteiger partial charge in [-0.2, -0.15) is 5.10 Å². The molecule has 0 bridgehead atoms. The van der Waals surface area contributed by atoms with Gasteiger partial charge >= 0.3 is 0 Å². The van der Waals surface area contributed by atoms with Gasteiger partial charge in [0.15, 0.2) is 15.7 Å². The molecule has 2 rings (SSSR count). The Morgan fingerprint density at radius 2 is 2.05 bits per heavy atom. The Morgan fingerprint density at radius 3 is 2.60 bits per heavy atom. The van der Waals surface area contributed by atoms with E-state index in [1.54, 1.807) is 24.0 Å². The number of nitrogens with one attached hydrogen (secondary N) is 1. The fraction of sp³-hybridized carbons (Fsp3) is 0.167. The molecule has 1 heterocycles. The smallest absolute Gasteiger partial charge is 0.256 e. The third kappa shape index (κ3) is 3.17. The Kier molecular flexibility index (Phi) is 3.82. The SMILES string of the molecule is Cn1ccc(NC(=O)c2ccc(Cl)c(S(C)(=O)=O)c2)n1. The van der Waals surface area contributed by atoms with Gasteiger partial charge in [-0.15, -0.1) is 0 Å². The Hall–Kier alpha value is -1.86. The van der Waals surface area contributed by atoms with Gasteiger partial charge in [-0.3, -0.25) is 9.48 Å². The molecular formula is C12H12ClN3O3S. The first-order chi connectivity index (χ1) is 9.27. The zero-order valence-corrected chi connectivity index (χ0v) is 12.4. The number of aromatic nitrogens is 2. The molecular weight excluding hydrogens is 302 g/mol. The molecule has 1 aromatic heterocycles. The van der Waals surface area contributed by atoms with Crippen LogP contribution in [0.15, 0.2) is 35.4 Å². The van der Waals surface area contributed by atoms with Gasteiger partial charge in [0.25, 0.3) is 5.91 Å². The van der Waals surface area contributed by atoms with Gasteiger partial charge < -0.3 is 5.32 Å². The molecule has 8 heteroatoms. The number of halogens is 1. The van der Waals surface area contributed by atoms with Crippen LogP contribution in [0.3, 0.4) is 0 Å². The van der Waals surface area contributed by atoms with Crippen LogP contribution in [0.4, 0.5) is 5.82 Å². The summed E-state index contributed by atoms with van der Waals surface area (Å²) < 4.78 is 24.7. The Balaban J connectivity index is 2.31. The topological polar surface area (TPSA) is 81.1 Å². The van der Waals surface area contributed by atoms with Gasteiger partial charge in [-0.1, -0.05) is 11.6 Å². The van der Waals surface area contributed by atoms with Crippen molar-refractivity contribution >= 4 is 33.2 Å². The number of sulfone groups is 1. The van der Waals surface area contributed by atoms with Crippen LogP contribution in [0.1, 0.15) is 10.4 Å². The summed E-state index contributed by atoms with van der Waals surface area (Å²) in [6.45, 7) is 0. The minimum absolute atomic E-state index is 0.0761. The second-order valence-electron chi connectivity index (χ2n) is 4.25. The number of hydrogen-bond acceptors (Lipinski definition) is 4. The van der Waals surface area contributed by atoms with E-state index < -0.39 is 15.7 Å². The largest absolute Gasteiger partial charge is 0.305 e. The zero-order valence-electron chi connectivity index (χ0n) is 10.8. The maximum Gasteiger partial charge on any atom is 0.256 e. The summed E-state index contributed by atoms with van der Waals surface area (Å²) >= 11 is 5.82. The molecule has 0 spiro atoms. The molecule has 0 atom stereocenters. The van der Waals surface area contributed by atoms with Crippen LogP contribution in [-0.2, 0) is 16.9 Å². The number of carbonyl (C=O) groups excluding carboxylic acids is 1. The molecule has 1 N–H and O–H groups in total. The van der Waals surface area contributed by atoms with Crippen molar-refractivity contribution in [1.82, 2.24) is 9.78 Å². The van der Waals surface area contributed by atoms with Gasteiger partial charge in [-0.05, 0) is 18.2 Å². The number of hydrogen-bond donors (Lipinski definition) is 1. The summed E-state index contributed by atoms with van der Waals surface area (Å²) in [6.07, 6.45) is 2.72. The van der Waals surface area contributed by atoms with Crippen molar-refractivity contribution in [1.29, 1.82) is 0 Å². The average molecular weight is 314 g/mol. The minimum atomic E-state index is -3.49. The fourth-order valence-electron chi connectivity index (χ4n) is 1.60. The number of rotatable bonds is 3. The molecule has 106 valence electrons. The Morgan fingerprint density at radius 1 is 1.35 bits per heavy atom. The lowest BCUT2D eigenvalue weighted by molar-refractivity contribution is 0.102. The number of nitrogens with zero attached hydrogens (tertiary/aromatic N) is 2. The highest BCUT2D eigenvalue weighted by Gasteiger charge is 2.16. The summed E-state index contributed by atoms with van der Waals surface area (Å²) in [5.41, 5.74) is 0.195. The first-order valence-corrected chi connectivity index (χ1v) is 7.85. The molecule has 0 aliphatic heterocycles. The quantitative estimate of drug-likeness (QED) is 0.935. The highest BCUT2D eigenvalue weighted by Crippen LogP contribution is 2.23. The van der Waals surface area contributed by atoms with Gasteiger partial charge in [-0.25, -0.2) is 8.42 Å². The van der Waals surface area contributed by atoms with Crippen LogP contribution in [0.2, 0.25) is 5.02 Å². The predicted octanol–water partition coefficient (Wildman–Crippen LogP) is 1.73. The lowest BCUT2D eigenvalue weighted by Gasteiger charge is -2.06. The number of aryl methyl sites for hydroxylation is 1. The lowest BCUT2D eigenvalue weighted by Crippen LogP contribution is -2.13. The first-order valence-electron chi connectivity index (χ1n) is 5.58. The molecule has 0 radical (unpaired) electrons. The molecule has 1 aromatic carbocycles. The van der Waals surface area contributed by atoms with E-state index in [9.17, 15) is 13.2 Å². The van der Waals surface area contributed by atoms with Crippen LogP contribution in [0.25, 0.3) is 0 Å². The summed E-state index contributed by atoms with van der Waals surface area (Å²) in [4.78, 5) is 11.9. The van der Waals surface area contributed by atoms with E-state index in [0.717, 1.165) is 6.26 Å². The van der Waals surface area contributed by atoms with E-state index in [0.29, 0.717) is 5.82 Å². The zero-order chi connectivity index (χ0) is 14.9. The van der Waals surface area contributed by atoms with E-state index in [1.165, 1.54) is 18.2 Å². The minimum Gasteiger partial charge on any atom is -0.305 e. The van der Waals surface area contributed by atoms with Crippen molar-refractivity contribution in [2.24, 2.45) is 7.05 Å². The normalized spacial score (nSPS) is 11.3. The number of amides is 1. The van der Waals surface area contributed by atoms with E-state index in [1.807, 2.05) is 0 Å². The lowest BCUT2D eigenvalue weighted by atomic mass is 10.2. The van der Waals surface area contributed by atoms with E-state index >= 15 is 0 Å². The van der Waals surface area contributed by atoms with Crippen LogP contribution in [-0.4, -0.2) is 30.4 Å². The van der Waals surface area contributed by atoms with Crippen molar-refractivity contribution in [3.05, 3.63) is 41.0 Å². The molecule has 20 heavy (non-hydrogen) atoms. The van der Waals surface area contributed by atoms with Crippen LogP contribution < -0.4 is 5.32 Å². The fourth-order valence-corrected chi connectivity index (χ4v) is 2.90. The summed E-state index contributed by atoms with van der Waals surface area (Å²) in [5.74, 6) is -0.0707. The van der Waals surface area contributed by atoms with Crippen molar-refractivity contribution in [3.8, 4) is 0 Å². The second kappa shape index (κ2) is 5.26. The monoisotopic (exact) mass is 313 g/mol. The summed E-state index contributed by atoms with van der Waals surface area (Å²) in [6, 6.07) is 5.71. The molecule has 0 aliphatic rings. The van der Waals surface area contributed by atoms with Crippen LogP contribution in [0, 0.1) is 0 Å². The number of anilines is 1. The predicted molar refractivity (Wildman–Crippen MR) is 75.7 cm³/mol. The van der Waals surface area contributed by atoms with Crippen molar-refractivity contribution in [2.75, 3.05) is 11.6 Å².